The van der Waals surface area contributed by atoms with Crippen molar-refractivity contribution in [2.45, 2.75) is 33.2 Å². The van der Waals surface area contributed by atoms with Crippen LogP contribution in [0.3, 0.4) is 0 Å². The van der Waals surface area contributed by atoms with Gasteiger partial charge >= 0.3 is 0 Å². The van der Waals surface area contributed by atoms with E-state index >= 15 is 0 Å². The molecule has 0 aliphatic carbocycles. The molecule has 0 aromatic carbocycles. The Morgan fingerprint density at radius 2 is 1.87 bits per heavy atom. The Morgan fingerprint density at radius 3 is 2.50 bits per heavy atom. The number of fused-ring (bicyclic) bond motifs is 1. The molecule has 4 heterocycles. The molecule has 8 nitrogen and oxygen atoms in total. The molecule has 0 bridgehead atoms. The molecule has 0 radical (unpaired) electrons. The summed E-state index contributed by atoms with van der Waals surface area (Å²) in [6.07, 6.45) is 7.92. The van der Waals surface area contributed by atoms with Crippen molar-refractivity contribution in [3.05, 3.63) is 41.7 Å². The fourth-order valence-electron chi connectivity index (χ4n) is 3.34. The van der Waals surface area contributed by atoms with E-state index < -0.39 is 0 Å². The maximum Gasteiger partial charge on any atom is 0.225 e. The van der Waals surface area contributed by atoms with Crippen LogP contribution in [0.15, 0.2) is 24.8 Å². The van der Waals surface area contributed by atoms with Crippen LogP contribution in [0.4, 0.5) is 10.3 Å². The third kappa shape index (κ3) is 5.20. The number of carbonyl (C=O) groups is 1. The van der Waals surface area contributed by atoms with Gasteiger partial charge in [-0.05, 0) is 12.8 Å². The summed E-state index contributed by atoms with van der Waals surface area (Å²) in [6.45, 7) is 7.13. The van der Waals surface area contributed by atoms with E-state index in [1.54, 1.807) is 11.1 Å². The molecule has 2 aromatic rings. The van der Waals surface area contributed by atoms with Crippen LogP contribution >= 0.6 is 0 Å². The molecule has 1 fully saturated rings. The largest absolute Gasteiger partial charge is 0.490 e. The number of rotatable bonds is 2. The van der Waals surface area contributed by atoms with Gasteiger partial charge in [-0.1, -0.05) is 13.8 Å². The summed E-state index contributed by atoms with van der Waals surface area (Å²) >= 11 is 0. The van der Waals surface area contributed by atoms with E-state index in [1.165, 1.54) is 31.4 Å². The van der Waals surface area contributed by atoms with E-state index in [9.17, 15) is 9.18 Å². The lowest BCUT2D eigenvalue weighted by molar-refractivity contribution is -0.135. The van der Waals surface area contributed by atoms with Crippen LogP contribution in [0, 0.1) is 23.1 Å². The Bertz CT molecular complexity index is 907. The maximum atomic E-state index is 12.4. The normalized spacial score (nSPS) is 15.4. The number of carbonyl (C=O) groups excluding carboxylic acids is 1. The first-order valence-corrected chi connectivity index (χ1v) is 10.0. The SMILES string of the molecule is CC(C)C(=O)N1CCOc2c(C#N)cncc2C1.Fc1cnc(N2CCCC2)nc1. The molecule has 1 amide bonds. The number of pyridine rings is 1. The summed E-state index contributed by atoms with van der Waals surface area (Å²) in [5.41, 5.74) is 1.21. The third-order valence-electron chi connectivity index (χ3n) is 4.86. The Balaban J connectivity index is 0.000000184. The summed E-state index contributed by atoms with van der Waals surface area (Å²) < 4.78 is 18.0. The first-order chi connectivity index (χ1) is 14.5. The van der Waals surface area contributed by atoms with Crippen LogP contribution in [0.25, 0.3) is 0 Å². The molecule has 0 N–H and O–H groups in total. The molecule has 9 heteroatoms. The van der Waals surface area contributed by atoms with Gasteiger partial charge in [0.25, 0.3) is 0 Å². The maximum absolute atomic E-state index is 12.4. The molecule has 30 heavy (non-hydrogen) atoms. The van der Waals surface area contributed by atoms with E-state index in [-0.39, 0.29) is 17.6 Å². The minimum Gasteiger partial charge on any atom is -0.490 e. The van der Waals surface area contributed by atoms with Crippen LogP contribution in [-0.4, -0.2) is 52.0 Å². The summed E-state index contributed by atoms with van der Waals surface area (Å²) in [5, 5.41) is 9.00. The number of halogens is 1. The molecule has 158 valence electrons. The zero-order valence-corrected chi connectivity index (χ0v) is 17.2. The van der Waals surface area contributed by atoms with Gasteiger partial charge in [0.1, 0.15) is 24.0 Å². The number of hydrogen-bond acceptors (Lipinski definition) is 7. The molecule has 0 atom stereocenters. The molecule has 2 aliphatic rings. The third-order valence-corrected chi connectivity index (χ3v) is 4.86. The van der Waals surface area contributed by atoms with E-state index in [0.717, 1.165) is 18.7 Å². The van der Waals surface area contributed by atoms with Gasteiger partial charge in [-0.15, -0.1) is 0 Å². The lowest BCUT2D eigenvalue weighted by Gasteiger charge is -2.21. The molecule has 0 unspecified atom stereocenters. The Labute approximate surface area is 175 Å². The van der Waals surface area contributed by atoms with Crippen LogP contribution < -0.4 is 9.64 Å². The van der Waals surface area contributed by atoms with E-state index in [0.29, 0.717) is 37.0 Å². The summed E-state index contributed by atoms with van der Waals surface area (Å²) in [6, 6.07) is 2.06. The lowest BCUT2D eigenvalue weighted by atomic mass is 10.1. The topological polar surface area (TPSA) is 95.2 Å². The van der Waals surface area contributed by atoms with Crippen molar-refractivity contribution in [2.24, 2.45) is 5.92 Å². The van der Waals surface area contributed by atoms with Crippen molar-refractivity contribution < 1.29 is 13.9 Å². The van der Waals surface area contributed by atoms with Crippen LogP contribution in [0.5, 0.6) is 5.75 Å². The second-order valence-electron chi connectivity index (χ2n) is 7.45. The number of hydrogen-bond donors (Lipinski definition) is 0. The molecule has 2 aliphatic heterocycles. The molecular formula is C21H25FN6O2. The van der Waals surface area contributed by atoms with Gasteiger partial charge in [0.2, 0.25) is 11.9 Å². The highest BCUT2D eigenvalue weighted by Gasteiger charge is 2.23. The smallest absolute Gasteiger partial charge is 0.225 e. The second-order valence-corrected chi connectivity index (χ2v) is 7.45. The first kappa shape index (κ1) is 21.4. The van der Waals surface area contributed by atoms with Gasteiger partial charge < -0.3 is 14.5 Å². The van der Waals surface area contributed by atoms with Crippen molar-refractivity contribution in [3.63, 3.8) is 0 Å². The minimum atomic E-state index is -0.377. The number of aromatic nitrogens is 3. The number of nitriles is 1. The molecule has 4 rings (SSSR count). The van der Waals surface area contributed by atoms with Crippen molar-refractivity contribution in [3.8, 4) is 11.8 Å². The van der Waals surface area contributed by atoms with E-state index in [1.807, 2.05) is 13.8 Å². The number of anilines is 1. The number of amides is 1. The molecule has 0 saturated carbocycles. The van der Waals surface area contributed by atoms with Crippen LogP contribution in [0.1, 0.15) is 37.8 Å². The van der Waals surface area contributed by atoms with Crippen LogP contribution in [-0.2, 0) is 11.3 Å². The van der Waals surface area contributed by atoms with Gasteiger partial charge in [0, 0.05) is 37.0 Å². The predicted octanol–water partition coefficient (Wildman–Crippen LogP) is 2.55. The van der Waals surface area contributed by atoms with Gasteiger partial charge in [-0.2, -0.15) is 5.26 Å². The molecule has 0 spiro atoms. The monoisotopic (exact) mass is 412 g/mol. The Hall–Kier alpha value is -3.28. The van der Waals surface area contributed by atoms with Crippen molar-refractivity contribution >= 4 is 11.9 Å². The summed E-state index contributed by atoms with van der Waals surface area (Å²) in [4.78, 5) is 27.6. The summed E-state index contributed by atoms with van der Waals surface area (Å²) in [7, 11) is 0. The lowest BCUT2D eigenvalue weighted by Crippen LogP contribution is -2.35. The van der Waals surface area contributed by atoms with Crippen LogP contribution in [0.2, 0.25) is 0 Å². The molecule has 2 aromatic heterocycles. The number of nitrogens with zero attached hydrogens (tertiary/aromatic N) is 6. The second kappa shape index (κ2) is 9.96. The average Bonchev–Trinajstić information content (AvgIpc) is 3.20. The summed E-state index contributed by atoms with van der Waals surface area (Å²) in [5.74, 6) is 0.880. The van der Waals surface area contributed by atoms with Gasteiger partial charge in [0.15, 0.2) is 5.82 Å². The van der Waals surface area contributed by atoms with Crippen molar-refractivity contribution in [2.75, 3.05) is 31.1 Å². The fourth-order valence-corrected chi connectivity index (χ4v) is 3.34. The first-order valence-electron chi connectivity index (χ1n) is 10.0. The molecule has 1 saturated heterocycles. The standard InChI is InChI=1S/C13H15N3O2.C8H10FN3/c1-9(2)13(17)16-3-4-18-12-10(5-14)6-15-7-11(12)8-16;9-7-5-10-8(11-6-7)12-3-1-2-4-12/h6-7,9H,3-4,8H2,1-2H3;5-6H,1-4H2. The molecular weight excluding hydrogens is 387 g/mol. The van der Waals surface area contributed by atoms with Gasteiger partial charge in [-0.25, -0.2) is 14.4 Å². The van der Waals surface area contributed by atoms with Crippen molar-refractivity contribution in [1.29, 1.82) is 5.26 Å². The predicted molar refractivity (Wildman–Crippen MR) is 108 cm³/mol. The minimum absolute atomic E-state index is 0.0429. The van der Waals surface area contributed by atoms with Gasteiger partial charge in [0.05, 0.1) is 25.5 Å². The van der Waals surface area contributed by atoms with Gasteiger partial charge in [-0.3, -0.25) is 9.78 Å². The Kier molecular flexibility index (Phi) is 7.12. The van der Waals surface area contributed by atoms with Crippen molar-refractivity contribution in [1.82, 2.24) is 19.9 Å². The number of ether oxygens (including phenoxy) is 1. The fraction of sp³-hybridized carbons (Fsp3) is 0.476. The highest BCUT2D eigenvalue weighted by molar-refractivity contribution is 5.78. The van der Waals surface area contributed by atoms with E-state index in [4.69, 9.17) is 10.00 Å². The highest BCUT2D eigenvalue weighted by atomic mass is 19.1. The average molecular weight is 412 g/mol. The van der Waals surface area contributed by atoms with E-state index in [2.05, 4.69) is 25.9 Å². The highest BCUT2D eigenvalue weighted by Crippen LogP contribution is 2.26. The Morgan fingerprint density at radius 1 is 1.17 bits per heavy atom. The zero-order valence-electron chi connectivity index (χ0n) is 17.2. The zero-order chi connectivity index (χ0) is 21.5. The quantitative estimate of drug-likeness (QED) is 0.748.